The SMILES string of the molecule is COC(=O)Cc1cc(C)c(CCl)c(C#N)c1. The fraction of sp³-hybridized carbons (Fsp3) is 0.333. The Kier molecular flexibility index (Phi) is 4.33. The highest BCUT2D eigenvalue weighted by molar-refractivity contribution is 6.17. The van der Waals surface area contributed by atoms with Crippen molar-refractivity contribution in [2.45, 2.75) is 19.2 Å². The molecule has 0 aliphatic carbocycles. The molecule has 0 heterocycles. The van der Waals surface area contributed by atoms with Gasteiger partial charge in [-0.25, -0.2) is 0 Å². The van der Waals surface area contributed by atoms with E-state index in [1.54, 1.807) is 6.07 Å². The summed E-state index contributed by atoms with van der Waals surface area (Å²) in [6.07, 6.45) is 0.175. The topological polar surface area (TPSA) is 50.1 Å². The van der Waals surface area contributed by atoms with E-state index in [1.165, 1.54) is 7.11 Å². The molecule has 0 aliphatic heterocycles. The molecule has 84 valence electrons. The van der Waals surface area contributed by atoms with Crippen LogP contribution in [-0.2, 0) is 21.8 Å². The van der Waals surface area contributed by atoms with Crippen LogP contribution in [0.3, 0.4) is 0 Å². The lowest BCUT2D eigenvalue weighted by Crippen LogP contribution is -2.06. The average Bonchev–Trinajstić information content (AvgIpc) is 2.28. The summed E-state index contributed by atoms with van der Waals surface area (Å²) in [6.45, 7) is 1.87. The number of alkyl halides is 1. The van der Waals surface area contributed by atoms with Gasteiger partial charge in [0.1, 0.15) is 0 Å². The molecule has 0 amide bonds. The number of halogens is 1. The predicted octanol–water partition coefficient (Wildman–Crippen LogP) is 2.32. The number of nitrogens with zero attached hydrogens (tertiary/aromatic N) is 1. The van der Waals surface area contributed by atoms with Crippen molar-refractivity contribution < 1.29 is 9.53 Å². The van der Waals surface area contributed by atoms with Crippen LogP contribution in [0.1, 0.15) is 22.3 Å². The van der Waals surface area contributed by atoms with E-state index in [-0.39, 0.29) is 12.4 Å². The van der Waals surface area contributed by atoms with E-state index in [2.05, 4.69) is 10.8 Å². The zero-order valence-electron chi connectivity index (χ0n) is 9.21. The fourth-order valence-electron chi connectivity index (χ4n) is 1.51. The number of carbonyl (C=O) groups is 1. The Labute approximate surface area is 99.6 Å². The molecule has 0 N–H and O–H groups in total. The Bertz CT molecular complexity index is 449. The van der Waals surface area contributed by atoms with Gasteiger partial charge in [0, 0.05) is 5.88 Å². The number of nitriles is 1. The predicted molar refractivity (Wildman–Crippen MR) is 61.2 cm³/mol. The summed E-state index contributed by atoms with van der Waals surface area (Å²) >= 11 is 5.76. The summed E-state index contributed by atoms with van der Waals surface area (Å²) in [4.78, 5) is 11.1. The second-order valence-electron chi connectivity index (χ2n) is 3.44. The van der Waals surface area contributed by atoms with Crippen LogP contribution in [0.5, 0.6) is 0 Å². The van der Waals surface area contributed by atoms with Crippen LogP contribution in [0, 0.1) is 18.3 Å². The standard InChI is InChI=1S/C12H12ClNO2/c1-8-3-9(5-12(15)16-2)4-10(7-14)11(8)6-13/h3-4H,5-6H2,1-2H3. The Hall–Kier alpha value is -1.53. The highest BCUT2D eigenvalue weighted by Crippen LogP contribution is 2.19. The molecule has 0 saturated heterocycles. The summed E-state index contributed by atoms with van der Waals surface area (Å²) in [5, 5.41) is 8.96. The molecule has 3 nitrogen and oxygen atoms in total. The molecule has 0 spiro atoms. The first kappa shape index (κ1) is 12.5. The molecule has 1 aromatic carbocycles. The van der Waals surface area contributed by atoms with Gasteiger partial charge in [0.2, 0.25) is 0 Å². The monoisotopic (exact) mass is 237 g/mol. The lowest BCUT2D eigenvalue weighted by molar-refractivity contribution is -0.139. The minimum absolute atomic E-state index is 0.175. The van der Waals surface area contributed by atoms with Crippen LogP contribution in [0.4, 0.5) is 0 Å². The molecular weight excluding hydrogens is 226 g/mol. The molecule has 0 bridgehead atoms. The number of carbonyl (C=O) groups excluding carboxylic acids is 1. The van der Waals surface area contributed by atoms with Crippen LogP contribution >= 0.6 is 11.6 Å². The number of aryl methyl sites for hydroxylation is 1. The van der Waals surface area contributed by atoms with E-state index in [0.29, 0.717) is 11.4 Å². The maximum atomic E-state index is 11.1. The molecule has 0 saturated carbocycles. The molecule has 0 aliphatic rings. The van der Waals surface area contributed by atoms with Crippen molar-refractivity contribution in [3.63, 3.8) is 0 Å². The van der Waals surface area contributed by atoms with Crippen molar-refractivity contribution in [2.75, 3.05) is 7.11 Å². The van der Waals surface area contributed by atoms with Gasteiger partial charge in [-0.3, -0.25) is 4.79 Å². The Balaban J connectivity index is 3.12. The van der Waals surface area contributed by atoms with E-state index in [1.807, 2.05) is 13.0 Å². The van der Waals surface area contributed by atoms with E-state index in [0.717, 1.165) is 16.7 Å². The lowest BCUT2D eigenvalue weighted by atomic mass is 9.99. The molecule has 0 unspecified atom stereocenters. The first-order valence-electron chi connectivity index (χ1n) is 4.77. The van der Waals surface area contributed by atoms with Gasteiger partial charge in [0.25, 0.3) is 0 Å². The number of hydrogen-bond donors (Lipinski definition) is 0. The molecule has 0 radical (unpaired) electrons. The van der Waals surface area contributed by atoms with Crippen molar-refractivity contribution in [2.24, 2.45) is 0 Å². The van der Waals surface area contributed by atoms with Gasteiger partial charge in [0.15, 0.2) is 0 Å². The van der Waals surface area contributed by atoms with Crippen LogP contribution < -0.4 is 0 Å². The third-order valence-electron chi connectivity index (χ3n) is 2.36. The van der Waals surface area contributed by atoms with Gasteiger partial charge in [0.05, 0.1) is 25.2 Å². The lowest BCUT2D eigenvalue weighted by Gasteiger charge is -2.08. The van der Waals surface area contributed by atoms with E-state index >= 15 is 0 Å². The van der Waals surface area contributed by atoms with Crippen molar-refractivity contribution in [3.05, 3.63) is 34.4 Å². The van der Waals surface area contributed by atoms with E-state index in [4.69, 9.17) is 16.9 Å². The summed E-state index contributed by atoms with van der Waals surface area (Å²) < 4.78 is 4.58. The maximum Gasteiger partial charge on any atom is 0.309 e. The van der Waals surface area contributed by atoms with Crippen molar-refractivity contribution in [1.82, 2.24) is 0 Å². The van der Waals surface area contributed by atoms with E-state index in [9.17, 15) is 4.79 Å². The molecule has 1 aromatic rings. The number of esters is 1. The van der Waals surface area contributed by atoms with Gasteiger partial charge in [-0.05, 0) is 29.7 Å². The normalized spacial score (nSPS) is 9.62. The molecule has 1 rings (SSSR count). The third kappa shape index (κ3) is 2.74. The number of methoxy groups -OCH3 is 1. The van der Waals surface area contributed by atoms with Crippen LogP contribution in [-0.4, -0.2) is 13.1 Å². The van der Waals surface area contributed by atoms with Gasteiger partial charge < -0.3 is 4.74 Å². The summed E-state index contributed by atoms with van der Waals surface area (Å²) in [7, 11) is 1.34. The molecule has 0 fully saturated rings. The molecule has 4 heteroatoms. The second-order valence-corrected chi connectivity index (χ2v) is 3.70. The van der Waals surface area contributed by atoms with E-state index < -0.39 is 0 Å². The van der Waals surface area contributed by atoms with Crippen LogP contribution in [0.15, 0.2) is 12.1 Å². The van der Waals surface area contributed by atoms with Crippen LogP contribution in [0.2, 0.25) is 0 Å². The zero-order valence-corrected chi connectivity index (χ0v) is 9.97. The zero-order chi connectivity index (χ0) is 12.1. The summed E-state index contributed by atoms with van der Waals surface area (Å²) in [5.41, 5.74) is 3.04. The molecule has 0 aromatic heterocycles. The minimum atomic E-state index is -0.318. The van der Waals surface area contributed by atoms with Crippen LogP contribution in [0.25, 0.3) is 0 Å². The Morgan fingerprint density at radius 3 is 2.75 bits per heavy atom. The van der Waals surface area contributed by atoms with Crippen molar-refractivity contribution in [3.8, 4) is 6.07 Å². The summed E-state index contributed by atoms with van der Waals surface area (Å²) in [6, 6.07) is 5.62. The third-order valence-corrected chi connectivity index (χ3v) is 2.63. The van der Waals surface area contributed by atoms with Gasteiger partial charge >= 0.3 is 5.97 Å². The smallest absolute Gasteiger partial charge is 0.309 e. The maximum absolute atomic E-state index is 11.1. The Morgan fingerprint density at radius 1 is 1.56 bits per heavy atom. The largest absolute Gasteiger partial charge is 0.469 e. The van der Waals surface area contributed by atoms with Gasteiger partial charge in [-0.1, -0.05) is 6.07 Å². The minimum Gasteiger partial charge on any atom is -0.469 e. The average molecular weight is 238 g/mol. The van der Waals surface area contributed by atoms with Crippen molar-refractivity contribution >= 4 is 17.6 Å². The summed E-state index contributed by atoms with van der Waals surface area (Å²) in [5.74, 6) is -0.0188. The number of ether oxygens (including phenoxy) is 1. The Morgan fingerprint density at radius 2 is 2.25 bits per heavy atom. The molecule has 16 heavy (non-hydrogen) atoms. The highest BCUT2D eigenvalue weighted by atomic mass is 35.5. The molecule has 0 atom stereocenters. The molecular formula is C12H12ClNO2. The second kappa shape index (κ2) is 5.53. The first-order chi connectivity index (χ1) is 7.62. The quantitative estimate of drug-likeness (QED) is 0.599. The van der Waals surface area contributed by atoms with Crippen molar-refractivity contribution in [1.29, 1.82) is 5.26 Å². The number of hydrogen-bond acceptors (Lipinski definition) is 3. The van der Waals surface area contributed by atoms with Gasteiger partial charge in [-0.2, -0.15) is 5.26 Å². The number of benzene rings is 1. The first-order valence-corrected chi connectivity index (χ1v) is 5.31. The highest BCUT2D eigenvalue weighted by Gasteiger charge is 2.09. The number of rotatable bonds is 3. The fourth-order valence-corrected chi connectivity index (χ4v) is 1.86. The van der Waals surface area contributed by atoms with Gasteiger partial charge in [-0.15, -0.1) is 11.6 Å².